The lowest BCUT2D eigenvalue weighted by atomic mass is 10.1. The topological polar surface area (TPSA) is 49.6 Å². The molecule has 1 aromatic heterocycles. The summed E-state index contributed by atoms with van der Waals surface area (Å²) in [6, 6.07) is 15.7. The van der Waals surface area contributed by atoms with E-state index in [1.807, 2.05) is 54.7 Å². The Balaban J connectivity index is 1.95. The third kappa shape index (κ3) is 4.65. The van der Waals surface area contributed by atoms with Gasteiger partial charge in [0.25, 0.3) is 5.91 Å². The van der Waals surface area contributed by atoms with Crippen LogP contribution in [0.15, 0.2) is 60.0 Å². The van der Waals surface area contributed by atoms with E-state index in [2.05, 4.69) is 0 Å². The summed E-state index contributed by atoms with van der Waals surface area (Å²) in [6.07, 6.45) is 0. The van der Waals surface area contributed by atoms with Crippen LogP contribution >= 0.6 is 11.3 Å². The monoisotopic (exact) mass is 383 g/mol. The van der Waals surface area contributed by atoms with Crippen molar-refractivity contribution in [1.82, 2.24) is 4.90 Å². The van der Waals surface area contributed by atoms with E-state index < -0.39 is 0 Å². The summed E-state index contributed by atoms with van der Waals surface area (Å²) >= 11 is 1.40. The zero-order valence-electron chi connectivity index (χ0n) is 15.4. The molecule has 1 heterocycles. The number of nitrogens with two attached hydrogens (primary N) is 1. The Morgan fingerprint density at radius 1 is 1.07 bits per heavy atom. The molecule has 0 aliphatic rings. The lowest BCUT2D eigenvalue weighted by molar-refractivity contribution is 0.0735. The maximum absolute atomic E-state index is 13.6. The van der Waals surface area contributed by atoms with Gasteiger partial charge in [-0.25, -0.2) is 4.39 Å². The number of halogens is 1. The largest absolute Gasteiger partial charge is 0.399 e. The van der Waals surface area contributed by atoms with Gasteiger partial charge in [0.2, 0.25) is 0 Å². The maximum Gasteiger partial charge on any atom is 0.264 e. The predicted octanol–water partition coefficient (Wildman–Crippen LogP) is 4.38. The molecule has 0 atom stereocenters. The minimum atomic E-state index is -0.311. The molecule has 3 aromatic rings. The molecule has 0 aliphatic carbocycles. The molecule has 0 saturated heterocycles. The van der Waals surface area contributed by atoms with Crippen LogP contribution in [-0.2, 0) is 13.1 Å². The molecular weight excluding hydrogens is 361 g/mol. The molecule has 1 amide bonds. The van der Waals surface area contributed by atoms with E-state index in [0.717, 1.165) is 16.8 Å². The molecule has 140 valence electrons. The fraction of sp³-hybridized carbons (Fsp3) is 0.190. The average Bonchev–Trinajstić information content (AvgIpc) is 3.15. The third-order valence-corrected chi connectivity index (χ3v) is 5.09. The quantitative estimate of drug-likeness (QED) is 0.643. The first-order valence-electron chi connectivity index (χ1n) is 8.57. The number of nitrogens with zero attached hydrogens (tertiary/aromatic N) is 2. The number of nitrogen functional groups attached to an aromatic ring is 1. The third-order valence-electron chi connectivity index (χ3n) is 4.23. The molecule has 0 bridgehead atoms. The van der Waals surface area contributed by atoms with Crippen molar-refractivity contribution in [2.75, 3.05) is 24.7 Å². The Labute approximate surface area is 162 Å². The minimum Gasteiger partial charge on any atom is -0.399 e. The first-order valence-corrected chi connectivity index (χ1v) is 9.45. The Morgan fingerprint density at radius 3 is 2.56 bits per heavy atom. The highest BCUT2D eigenvalue weighted by molar-refractivity contribution is 7.12. The van der Waals surface area contributed by atoms with E-state index >= 15 is 0 Å². The van der Waals surface area contributed by atoms with Gasteiger partial charge in [0.05, 0.1) is 4.88 Å². The Morgan fingerprint density at radius 2 is 1.89 bits per heavy atom. The second-order valence-electron chi connectivity index (χ2n) is 6.55. The average molecular weight is 383 g/mol. The van der Waals surface area contributed by atoms with Crippen molar-refractivity contribution in [3.63, 3.8) is 0 Å². The Bertz CT molecular complexity index is 925. The predicted molar refractivity (Wildman–Crippen MR) is 109 cm³/mol. The summed E-state index contributed by atoms with van der Waals surface area (Å²) in [7, 11) is 3.90. The van der Waals surface area contributed by atoms with Crippen molar-refractivity contribution in [2.24, 2.45) is 0 Å². The van der Waals surface area contributed by atoms with Gasteiger partial charge in [0.15, 0.2) is 0 Å². The van der Waals surface area contributed by atoms with Gasteiger partial charge in [-0.1, -0.05) is 18.2 Å². The van der Waals surface area contributed by atoms with Gasteiger partial charge in [0.1, 0.15) is 5.82 Å². The second-order valence-corrected chi connectivity index (χ2v) is 7.50. The molecular formula is C21H22FN3OS. The van der Waals surface area contributed by atoms with Crippen molar-refractivity contribution in [1.29, 1.82) is 0 Å². The number of rotatable bonds is 6. The molecule has 2 N–H and O–H groups in total. The van der Waals surface area contributed by atoms with Crippen molar-refractivity contribution in [2.45, 2.75) is 13.1 Å². The van der Waals surface area contributed by atoms with Crippen LogP contribution in [0.2, 0.25) is 0 Å². The van der Waals surface area contributed by atoms with Gasteiger partial charge in [-0.2, -0.15) is 0 Å². The maximum atomic E-state index is 13.6. The molecule has 0 radical (unpaired) electrons. The molecule has 0 spiro atoms. The van der Waals surface area contributed by atoms with Crippen LogP contribution in [0, 0.1) is 5.82 Å². The van der Waals surface area contributed by atoms with E-state index in [1.54, 1.807) is 17.0 Å². The molecule has 3 rings (SSSR count). The molecule has 6 heteroatoms. The van der Waals surface area contributed by atoms with Crippen LogP contribution in [-0.4, -0.2) is 24.9 Å². The van der Waals surface area contributed by atoms with Crippen LogP contribution in [0.5, 0.6) is 0 Å². The van der Waals surface area contributed by atoms with Crippen molar-refractivity contribution in [3.8, 4) is 0 Å². The number of carbonyl (C=O) groups excluding carboxylic acids is 1. The summed E-state index contributed by atoms with van der Waals surface area (Å²) < 4.78 is 13.6. The zero-order valence-corrected chi connectivity index (χ0v) is 16.2. The van der Waals surface area contributed by atoms with Gasteiger partial charge in [-0.3, -0.25) is 4.79 Å². The Hall–Kier alpha value is -2.86. The normalized spacial score (nSPS) is 10.6. The summed E-state index contributed by atoms with van der Waals surface area (Å²) in [5.41, 5.74) is 9.30. The number of thiophene rings is 1. The highest BCUT2D eigenvalue weighted by Crippen LogP contribution is 2.25. The number of amides is 1. The standard InChI is InChI=1S/C21H22FN3OS/c1-24(2)19-9-8-18(23)12-16(19)14-25(21(26)20-7-4-10-27-20)13-15-5-3-6-17(22)11-15/h3-12H,13-14,23H2,1-2H3. The van der Waals surface area contributed by atoms with Crippen LogP contribution in [0.1, 0.15) is 20.8 Å². The number of carbonyl (C=O) groups is 1. The van der Waals surface area contributed by atoms with E-state index in [1.165, 1.54) is 23.5 Å². The van der Waals surface area contributed by atoms with Crippen molar-refractivity contribution >= 4 is 28.6 Å². The number of anilines is 2. The first-order chi connectivity index (χ1) is 12.9. The second kappa shape index (κ2) is 8.22. The number of hydrogen-bond donors (Lipinski definition) is 1. The SMILES string of the molecule is CN(C)c1ccc(N)cc1CN(Cc1cccc(F)c1)C(=O)c1cccs1. The number of benzene rings is 2. The van der Waals surface area contributed by atoms with Gasteiger partial charge in [-0.05, 0) is 52.9 Å². The molecule has 4 nitrogen and oxygen atoms in total. The van der Waals surface area contributed by atoms with Crippen molar-refractivity contribution < 1.29 is 9.18 Å². The van der Waals surface area contributed by atoms with E-state index in [9.17, 15) is 9.18 Å². The fourth-order valence-corrected chi connectivity index (χ4v) is 3.68. The van der Waals surface area contributed by atoms with Gasteiger partial charge in [-0.15, -0.1) is 11.3 Å². The van der Waals surface area contributed by atoms with Crippen LogP contribution in [0.4, 0.5) is 15.8 Å². The minimum absolute atomic E-state index is 0.0820. The molecule has 0 saturated carbocycles. The summed E-state index contributed by atoms with van der Waals surface area (Å²) in [6.45, 7) is 0.696. The molecule has 0 unspecified atom stereocenters. The molecule has 27 heavy (non-hydrogen) atoms. The number of hydrogen-bond acceptors (Lipinski definition) is 4. The molecule has 2 aromatic carbocycles. The Kier molecular flexibility index (Phi) is 5.76. The summed E-state index contributed by atoms with van der Waals surface area (Å²) in [5, 5.41) is 1.87. The lowest BCUT2D eigenvalue weighted by Gasteiger charge is -2.26. The lowest BCUT2D eigenvalue weighted by Crippen LogP contribution is -2.30. The highest BCUT2D eigenvalue weighted by Gasteiger charge is 2.20. The van der Waals surface area contributed by atoms with E-state index in [-0.39, 0.29) is 11.7 Å². The summed E-state index contributed by atoms with van der Waals surface area (Å²) in [5.74, 6) is -0.393. The van der Waals surface area contributed by atoms with Gasteiger partial charge < -0.3 is 15.5 Å². The van der Waals surface area contributed by atoms with Crippen molar-refractivity contribution in [3.05, 3.63) is 81.8 Å². The van der Waals surface area contributed by atoms with E-state index in [4.69, 9.17) is 5.73 Å². The van der Waals surface area contributed by atoms with E-state index in [0.29, 0.717) is 23.7 Å². The summed E-state index contributed by atoms with van der Waals surface area (Å²) in [4.78, 5) is 17.4. The highest BCUT2D eigenvalue weighted by atomic mass is 32.1. The first kappa shape index (κ1) is 18.9. The van der Waals surface area contributed by atoms with Gasteiger partial charge >= 0.3 is 0 Å². The van der Waals surface area contributed by atoms with Crippen LogP contribution in [0.25, 0.3) is 0 Å². The molecule has 0 aliphatic heterocycles. The fourth-order valence-electron chi connectivity index (χ4n) is 2.99. The van der Waals surface area contributed by atoms with Crippen LogP contribution < -0.4 is 10.6 Å². The van der Waals surface area contributed by atoms with Crippen LogP contribution in [0.3, 0.4) is 0 Å². The molecule has 0 fully saturated rings. The van der Waals surface area contributed by atoms with Gasteiger partial charge in [0, 0.05) is 38.6 Å². The zero-order chi connectivity index (χ0) is 19.4. The smallest absolute Gasteiger partial charge is 0.264 e.